The van der Waals surface area contributed by atoms with Gasteiger partial charge in [-0.3, -0.25) is 4.79 Å². The molecule has 7 heteroatoms. The Morgan fingerprint density at radius 1 is 0.885 bits per heavy atom. The van der Waals surface area contributed by atoms with Crippen molar-refractivity contribution in [1.82, 2.24) is 0 Å². The molecule has 1 heterocycles. The summed E-state index contributed by atoms with van der Waals surface area (Å²) in [5.74, 6) is -2.23. The van der Waals surface area contributed by atoms with E-state index in [-0.39, 0.29) is 11.1 Å². The molecule has 0 amide bonds. The van der Waals surface area contributed by atoms with Crippen LogP contribution in [0, 0.1) is 0 Å². The molecule has 0 radical (unpaired) electrons. The maximum atomic E-state index is 12.4. The minimum absolute atomic E-state index is 0.245. The van der Waals surface area contributed by atoms with Crippen molar-refractivity contribution in [2.75, 3.05) is 6.61 Å². The van der Waals surface area contributed by atoms with Crippen molar-refractivity contribution >= 4 is 17.7 Å². The molecule has 0 bridgehead atoms. The number of hydrogen-bond acceptors (Lipinski definition) is 7. The van der Waals surface area contributed by atoms with Crippen molar-refractivity contribution in [1.29, 1.82) is 0 Å². The van der Waals surface area contributed by atoms with E-state index in [1.54, 1.807) is 36.4 Å². The van der Waals surface area contributed by atoms with E-state index in [4.69, 9.17) is 14.2 Å². The second-order valence-electron chi connectivity index (χ2n) is 5.55. The number of hydrogen-bond donors (Lipinski definition) is 1. The highest BCUT2D eigenvalue weighted by Crippen LogP contribution is 2.23. The molecule has 134 valence electrons. The Morgan fingerprint density at radius 3 is 1.88 bits per heavy atom. The van der Waals surface area contributed by atoms with Gasteiger partial charge in [-0.25, -0.2) is 9.59 Å². The number of aliphatic hydroxyl groups is 1. The number of ketones is 1. The van der Waals surface area contributed by atoms with E-state index in [2.05, 4.69) is 0 Å². The standard InChI is InChI=1S/C19H16O7/c20-11-14-16(25-17(22)12-7-3-1-4-8-12)15(21)19(24-14)26-18(23)13-9-5-2-6-10-13/h1-10,14,16,19-20H,11H2/t14-,16-,19-/m1/s1. The molecule has 1 N–H and O–H groups in total. The third-order valence-electron chi connectivity index (χ3n) is 3.80. The van der Waals surface area contributed by atoms with Crippen molar-refractivity contribution in [2.24, 2.45) is 0 Å². The van der Waals surface area contributed by atoms with Crippen LogP contribution in [0.3, 0.4) is 0 Å². The largest absolute Gasteiger partial charge is 0.448 e. The average molecular weight is 356 g/mol. The summed E-state index contributed by atoms with van der Waals surface area (Å²) in [5.41, 5.74) is 0.496. The Bertz CT molecular complexity index is 788. The monoisotopic (exact) mass is 356 g/mol. The summed E-state index contributed by atoms with van der Waals surface area (Å²) in [5, 5.41) is 9.40. The van der Waals surface area contributed by atoms with Gasteiger partial charge >= 0.3 is 11.9 Å². The van der Waals surface area contributed by atoms with E-state index in [1.807, 2.05) is 0 Å². The quantitative estimate of drug-likeness (QED) is 0.808. The zero-order valence-electron chi connectivity index (χ0n) is 13.6. The molecule has 1 fully saturated rings. The number of aliphatic hydroxyl groups excluding tert-OH is 1. The molecule has 7 nitrogen and oxygen atoms in total. The Labute approximate surface area is 149 Å². The van der Waals surface area contributed by atoms with Crippen LogP contribution in [0.25, 0.3) is 0 Å². The predicted octanol–water partition coefficient (Wildman–Crippen LogP) is 1.36. The van der Waals surface area contributed by atoms with Crippen molar-refractivity contribution in [2.45, 2.75) is 18.5 Å². The summed E-state index contributed by atoms with van der Waals surface area (Å²) in [4.78, 5) is 36.6. The van der Waals surface area contributed by atoms with Gasteiger partial charge in [0.2, 0.25) is 5.78 Å². The highest BCUT2D eigenvalue weighted by molar-refractivity contribution is 5.97. The molecule has 3 atom stereocenters. The fourth-order valence-electron chi connectivity index (χ4n) is 2.47. The minimum Gasteiger partial charge on any atom is -0.448 e. The number of Topliss-reactive ketones (excluding diaryl/α,β-unsaturated/α-hetero) is 1. The summed E-state index contributed by atoms with van der Waals surface area (Å²) < 4.78 is 15.5. The predicted molar refractivity (Wildman–Crippen MR) is 88.3 cm³/mol. The molecule has 3 rings (SSSR count). The number of esters is 2. The van der Waals surface area contributed by atoms with Crippen molar-refractivity contribution in [3.63, 3.8) is 0 Å². The first-order chi connectivity index (χ1) is 12.6. The van der Waals surface area contributed by atoms with Crippen molar-refractivity contribution in [3.8, 4) is 0 Å². The van der Waals surface area contributed by atoms with Crippen LogP contribution >= 0.6 is 0 Å². The molecular weight excluding hydrogens is 340 g/mol. The Hall–Kier alpha value is -3.03. The number of rotatable bonds is 5. The van der Waals surface area contributed by atoms with Gasteiger partial charge in [-0.2, -0.15) is 0 Å². The molecule has 0 aromatic heterocycles. The summed E-state index contributed by atoms with van der Waals surface area (Å²) in [7, 11) is 0. The number of benzene rings is 2. The maximum Gasteiger partial charge on any atom is 0.340 e. The average Bonchev–Trinajstić information content (AvgIpc) is 2.98. The Balaban J connectivity index is 1.69. The number of ether oxygens (including phenoxy) is 3. The number of carbonyl (C=O) groups excluding carboxylic acids is 3. The van der Waals surface area contributed by atoms with Crippen LogP contribution in [0.15, 0.2) is 60.7 Å². The van der Waals surface area contributed by atoms with Gasteiger partial charge in [0.25, 0.3) is 6.29 Å². The van der Waals surface area contributed by atoms with E-state index in [9.17, 15) is 19.5 Å². The van der Waals surface area contributed by atoms with Gasteiger partial charge in [0.15, 0.2) is 6.10 Å². The fraction of sp³-hybridized carbons (Fsp3) is 0.211. The van der Waals surface area contributed by atoms with E-state index in [0.717, 1.165) is 0 Å². The van der Waals surface area contributed by atoms with E-state index in [0.29, 0.717) is 0 Å². The first-order valence-electron chi connectivity index (χ1n) is 7.92. The second kappa shape index (κ2) is 7.90. The molecule has 26 heavy (non-hydrogen) atoms. The molecule has 1 aliphatic rings. The lowest BCUT2D eigenvalue weighted by atomic mass is 10.1. The Kier molecular flexibility index (Phi) is 5.40. The minimum atomic E-state index is -1.55. The second-order valence-corrected chi connectivity index (χ2v) is 5.55. The van der Waals surface area contributed by atoms with Crippen molar-refractivity contribution < 1.29 is 33.7 Å². The normalized spacial score (nSPS) is 22.0. The topological polar surface area (TPSA) is 99.1 Å². The van der Waals surface area contributed by atoms with Crippen LogP contribution in [-0.4, -0.2) is 47.9 Å². The SMILES string of the molecule is O=C(O[C@H]1O[C@H](CO)[C@@H](OC(=O)c2ccccc2)C1=O)c1ccccc1. The van der Waals surface area contributed by atoms with Crippen LogP contribution in [0.1, 0.15) is 20.7 Å². The van der Waals surface area contributed by atoms with Gasteiger partial charge in [-0.1, -0.05) is 36.4 Å². The first kappa shape index (κ1) is 17.8. The van der Waals surface area contributed by atoms with E-state index < -0.39 is 42.8 Å². The van der Waals surface area contributed by atoms with Gasteiger partial charge in [0, 0.05) is 0 Å². The Morgan fingerprint density at radius 2 is 1.38 bits per heavy atom. The molecule has 0 saturated carbocycles. The van der Waals surface area contributed by atoms with Crippen LogP contribution in [0.4, 0.5) is 0 Å². The van der Waals surface area contributed by atoms with Gasteiger partial charge in [-0.05, 0) is 24.3 Å². The van der Waals surface area contributed by atoms with Crippen molar-refractivity contribution in [3.05, 3.63) is 71.8 Å². The third kappa shape index (κ3) is 3.79. The lowest BCUT2D eigenvalue weighted by molar-refractivity contribution is -0.147. The molecule has 2 aromatic rings. The zero-order chi connectivity index (χ0) is 18.5. The van der Waals surface area contributed by atoms with E-state index >= 15 is 0 Å². The van der Waals surface area contributed by atoms with Crippen LogP contribution in [0.2, 0.25) is 0 Å². The van der Waals surface area contributed by atoms with Gasteiger partial charge < -0.3 is 19.3 Å². The molecule has 0 unspecified atom stereocenters. The zero-order valence-corrected chi connectivity index (χ0v) is 13.6. The van der Waals surface area contributed by atoms with Gasteiger partial charge in [-0.15, -0.1) is 0 Å². The van der Waals surface area contributed by atoms with Gasteiger partial charge in [0.1, 0.15) is 6.10 Å². The molecule has 2 aromatic carbocycles. The molecule has 1 saturated heterocycles. The lowest BCUT2D eigenvalue weighted by Crippen LogP contribution is -2.35. The third-order valence-corrected chi connectivity index (χ3v) is 3.80. The smallest absolute Gasteiger partial charge is 0.340 e. The summed E-state index contributed by atoms with van der Waals surface area (Å²) >= 11 is 0. The lowest BCUT2D eigenvalue weighted by Gasteiger charge is -2.14. The molecule has 0 aliphatic carbocycles. The highest BCUT2D eigenvalue weighted by Gasteiger charge is 2.48. The molecule has 1 aliphatic heterocycles. The van der Waals surface area contributed by atoms with Gasteiger partial charge in [0.05, 0.1) is 17.7 Å². The summed E-state index contributed by atoms with van der Waals surface area (Å²) in [6, 6.07) is 16.2. The maximum absolute atomic E-state index is 12.4. The fourth-order valence-corrected chi connectivity index (χ4v) is 2.47. The molecule has 0 spiro atoms. The highest BCUT2D eigenvalue weighted by atomic mass is 16.7. The molecular formula is C19H16O7. The van der Waals surface area contributed by atoms with Crippen LogP contribution in [-0.2, 0) is 19.0 Å². The number of carbonyl (C=O) groups is 3. The first-order valence-corrected chi connectivity index (χ1v) is 7.92. The van der Waals surface area contributed by atoms with E-state index in [1.165, 1.54) is 24.3 Å². The van der Waals surface area contributed by atoms with Crippen LogP contribution in [0.5, 0.6) is 0 Å². The summed E-state index contributed by atoms with van der Waals surface area (Å²) in [6.45, 7) is -0.572. The summed E-state index contributed by atoms with van der Waals surface area (Å²) in [6.07, 6.45) is -4.02. The van der Waals surface area contributed by atoms with Crippen LogP contribution < -0.4 is 0 Å².